The summed E-state index contributed by atoms with van der Waals surface area (Å²) in [6, 6.07) is 7.29. The molecule has 0 saturated carbocycles. The Kier molecular flexibility index (Phi) is 8.42. The maximum Gasteiger partial charge on any atom is 0.248 e. The second-order valence-electron chi connectivity index (χ2n) is 6.28. The van der Waals surface area contributed by atoms with E-state index in [1.165, 1.54) is 11.5 Å². The van der Waals surface area contributed by atoms with Crippen LogP contribution < -0.4 is 16.0 Å². The molecular weight excluding hydrogens is 489 g/mol. The van der Waals surface area contributed by atoms with Crippen molar-refractivity contribution in [2.45, 2.75) is 19.9 Å². The molecule has 152 valence electrons. The lowest BCUT2D eigenvalue weighted by atomic mass is 10.1. The first kappa shape index (κ1) is 22.3. The van der Waals surface area contributed by atoms with E-state index >= 15 is 0 Å². The highest BCUT2D eigenvalue weighted by Gasteiger charge is 2.21. The average Bonchev–Trinajstić information content (AvgIpc) is 3.18. The highest BCUT2D eigenvalue weighted by Crippen LogP contribution is 2.19. The predicted molar refractivity (Wildman–Crippen MR) is 124 cm³/mol. The first-order valence-corrected chi connectivity index (χ1v) is 9.80. The van der Waals surface area contributed by atoms with Crippen molar-refractivity contribution in [3.63, 3.8) is 0 Å². The number of piperazine rings is 1. The van der Waals surface area contributed by atoms with Crippen LogP contribution in [0, 0.1) is 0 Å². The van der Waals surface area contributed by atoms with Gasteiger partial charge < -0.3 is 20.9 Å². The SMILES string of the molecule is CCc1nsc(N2CCN(C(=NC)NCc3ccc(C(N)=O)cc3)CC2)n1.I. The van der Waals surface area contributed by atoms with E-state index in [2.05, 4.69) is 36.4 Å². The number of aliphatic imine (C=N–C) groups is 1. The second kappa shape index (κ2) is 10.6. The van der Waals surface area contributed by atoms with Gasteiger partial charge in [-0.1, -0.05) is 19.1 Å². The number of rotatable bonds is 5. The van der Waals surface area contributed by atoms with Crippen LogP contribution in [0.15, 0.2) is 29.3 Å². The number of anilines is 1. The van der Waals surface area contributed by atoms with Crippen LogP contribution in [0.2, 0.25) is 0 Å². The summed E-state index contributed by atoms with van der Waals surface area (Å²) in [7, 11) is 1.79. The molecule has 1 aromatic heterocycles. The summed E-state index contributed by atoms with van der Waals surface area (Å²) < 4.78 is 4.37. The molecule has 10 heteroatoms. The number of aromatic nitrogens is 2. The van der Waals surface area contributed by atoms with E-state index in [0.717, 1.165) is 55.1 Å². The number of halogens is 1. The van der Waals surface area contributed by atoms with Crippen LogP contribution in [0.1, 0.15) is 28.7 Å². The van der Waals surface area contributed by atoms with Crippen LogP contribution in [0.5, 0.6) is 0 Å². The van der Waals surface area contributed by atoms with Crippen molar-refractivity contribution >= 4 is 52.5 Å². The molecule has 1 amide bonds. The lowest BCUT2D eigenvalue weighted by molar-refractivity contribution is 0.100. The largest absolute Gasteiger partial charge is 0.366 e. The zero-order valence-corrected chi connectivity index (χ0v) is 19.2. The van der Waals surface area contributed by atoms with E-state index in [1.54, 1.807) is 19.2 Å². The Labute approximate surface area is 186 Å². The molecule has 2 heterocycles. The summed E-state index contributed by atoms with van der Waals surface area (Å²) in [6.07, 6.45) is 0.868. The maximum absolute atomic E-state index is 11.1. The minimum Gasteiger partial charge on any atom is -0.366 e. The first-order chi connectivity index (χ1) is 13.1. The Morgan fingerprint density at radius 1 is 1.25 bits per heavy atom. The topological polar surface area (TPSA) is 99.7 Å². The lowest BCUT2D eigenvalue weighted by Gasteiger charge is -2.36. The number of primary amides is 1. The molecule has 28 heavy (non-hydrogen) atoms. The van der Waals surface area contributed by atoms with Gasteiger partial charge in [0.1, 0.15) is 5.82 Å². The summed E-state index contributed by atoms with van der Waals surface area (Å²) in [5.74, 6) is 1.38. The Hall–Kier alpha value is -1.95. The normalized spacial score (nSPS) is 14.6. The van der Waals surface area contributed by atoms with Crippen molar-refractivity contribution in [2.75, 3.05) is 38.1 Å². The number of carbonyl (C=O) groups excluding carboxylic acids is 1. The van der Waals surface area contributed by atoms with Gasteiger partial charge in [0.25, 0.3) is 0 Å². The zero-order chi connectivity index (χ0) is 19.2. The van der Waals surface area contributed by atoms with Crippen LogP contribution in [0.25, 0.3) is 0 Å². The fourth-order valence-electron chi connectivity index (χ4n) is 2.93. The number of carbonyl (C=O) groups is 1. The number of nitrogens with zero attached hydrogens (tertiary/aromatic N) is 5. The maximum atomic E-state index is 11.1. The van der Waals surface area contributed by atoms with Gasteiger partial charge in [-0.15, -0.1) is 24.0 Å². The Balaban J connectivity index is 0.00000280. The van der Waals surface area contributed by atoms with E-state index in [1.807, 2.05) is 12.1 Å². The number of guanidine groups is 1. The average molecular weight is 515 g/mol. The van der Waals surface area contributed by atoms with E-state index in [9.17, 15) is 4.79 Å². The van der Waals surface area contributed by atoms with Gasteiger partial charge in [-0.2, -0.15) is 4.37 Å². The van der Waals surface area contributed by atoms with Gasteiger partial charge in [0.05, 0.1) is 0 Å². The molecular formula is C18H26IN7OS. The third-order valence-electron chi connectivity index (χ3n) is 4.52. The molecule has 2 aromatic rings. The standard InChI is InChI=1S/C18H25N7OS.HI/c1-3-15-22-18(27-23-15)25-10-8-24(9-11-25)17(20-2)21-12-13-4-6-14(7-5-13)16(19)26;/h4-7H,3,8-12H2,1-2H3,(H2,19,26)(H,20,21);1H. The zero-order valence-electron chi connectivity index (χ0n) is 16.1. The van der Waals surface area contributed by atoms with Crippen molar-refractivity contribution in [3.05, 3.63) is 41.2 Å². The first-order valence-electron chi connectivity index (χ1n) is 9.02. The second-order valence-corrected chi connectivity index (χ2v) is 7.01. The fourth-order valence-corrected chi connectivity index (χ4v) is 3.73. The van der Waals surface area contributed by atoms with Crippen molar-refractivity contribution in [1.82, 2.24) is 19.6 Å². The number of hydrogen-bond donors (Lipinski definition) is 2. The smallest absolute Gasteiger partial charge is 0.248 e. The molecule has 0 spiro atoms. The van der Waals surface area contributed by atoms with Crippen LogP contribution >= 0.6 is 35.5 Å². The molecule has 0 atom stereocenters. The third-order valence-corrected chi connectivity index (χ3v) is 5.34. The number of aryl methyl sites for hydroxylation is 1. The highest BCUT2D eigenvalue weighted by atomic mass is 127. The van der Waals surface area contributed by atoms with Crippen molar-refractivity contribution in [3.8, 4) is 0 Å². The molecule has 1 aliphatic heterocycles. The quantitative estimate of drug-likeness (QED) is 0.358. The lowest BCUT2D eigenvalue weighted by Crippen LogP contribution is -2.52. The fraction of sp³-hybridized carbons (Fsp3) is 0.444. The Bertz CT molecular complexity index is 801. The van der Waals surface area contributed by atoms with Crippen molar-refractivity contribution < 1.29 is 4.79 Å². The number of nitrogens with two attached hydrogens (primary N) is 1. The molecule has 1 aromatic carbocycles. The molecule has 0 bridgehead atoms. The van der Waals surface area contributed by atoms with Gasteiger partial charge in [-0.25, -0.2) is 4.98 Å². The van der Waals surface area contributed by atoms with Gasteiger partial charge in [-0.05, 0) is 17.7 Å². The van der Waals surface area contributed by atoms with Crippen molar-refractivity contribution in [2.24, 2.45) is 10.7 Å². The minimum absolute atomic E-state index is 0. The number of hydrogen-bond acceptors (Lipinski definition) is 6. The molecule has 1 aliphatic rings. The van der Waals surface area contributed by atoms with Gasteiger partial charge in [0.2, 0.25) is 11.0 Å². The molecule has 1 fully saturated rings. The molecule has 3 N–H and O–H groups in total. The highest BCUT2D eigenvalue weighted by molar-refractivity contribution is 14.0. The minimum atomic E-state index is -0.412. The van der Waals surface area contributed by atoms with E-state index in [0.29, 0.717) is 12.1 Å². The van der Waals surface area contributed by atoms with Gasteiger partial charge >= 0.3 is 0 Å². The van der Waals surface area contributed by atoms with Crippen LogP contribution in [0.3, 0.4) is 0 Å². The predicted octanol–water partition coefficient (Wildman–Crippen LogP) is 1.71. The molecule has 3 rings (SSSR count). The summed E-state index contributed by atoms with van der Waals surface area (Å²) >= 11 is 1.47. The summed E-state index contributed by atoms with van der Waals surface area (Å²) in [6.45, 7) is 6.25. The van der Waals surface area contributed by atoms with Gasteiger partial charge in [-0.3, -0.25) is 9.79 Å². The summed E-state index contributed by atoms with van der Waals surface area (Å²) in [5, 5.41) is 4.39. The molecule has 1 saturated heterocycles. The van der Waals surface area contributed by atoms with Crippen LogP contribution in [-0.2, 0) is 13.0 Å². The number of benzene rings is 1. The van der Waals surface area contributed by atoms with E-state index < -0.39 is 5.91 Å². The Morgan fingerprint density at radius 2 is 1.93 bits per heavy atom. The molecule has 8 nitrogen and oxygen atoms in total. The summed E-state index contributed by atoms with van der Waals surface area (Å²) in [4.78, 5) is 24.7. The molecule has 0 unspecified atom stereocenters. The Morgan fingerprint density at radius 3 is 2.46 bits per heavy atom. The molecule has 0 radical (unpaired) electrons. The number of nitrogens with one attached hydrogen (secondary N) is 1. The third kappa shape index (κ3) is 5.53. The van der Waals surface area contributed by atoms with E-state index in [4.69, 9.17) is 5.73 Å². The monoisotopic (exact) mass is 515 g/mol. The van der Waals surface area contributed by atoms with Crippen molar-refractivity contribution in [1.29, 1.82) is 0 Å². The van der Waals surface area contributed by atoms with Crippen LogP contribution in [-0.4, -0.2) is 59.4 Å². The van der Waals surface area contributed by atoms with Crippen LogP contribution in [0.4, 0.5) is 5.13 Å². The van der Waals surface area contributed by atoms with E-state index in [-0.39, 0.29) is 24.0 Å². The number of amides is 1. The molecule has 0 aliphatic carbocycles. The summed E-state index contributed by atoms with van der Waals surface area (Å²) in [5.41, 5.74) is 6.86. The van der Waals surface area contributed by atoms with Gasteiger partial charge in [0, 0.05) is 63.3 Å². The van der Waals surface area contributed by atoms with Gasteiger partial charge in [0.15, 0.2) is 5.96 Å².